The van der Waals surface area contributed by atoms with Crippen LogP contribution in [-0.4, -0.2) is 107 Å². The van der Waals surface area contributed by atoms with Gasteiger partial charge in [-0.15, -0.1) is 0 Å². The second-order valence-electron chi connectivity index (χ2n) is 18.2. The number of hydrogen-bond acceptors (Lipinski definition) is 10. The summed E-state index contributed by atoms with van der Waals surface area (Å²) in [6.07, 6.45) is 3.44. The van der Waals surface area contributed by atoms with Gasteiger partial charge < -0.3 is 24.4 Å². The van der Waals surface area contributed by atoms with Gasteiger partial charge >= 0.3 is 6.09 Å². The molecule has 16 heteroatoms. The fourth-order valence-corrected chi connectivity index (χ4v) is 8.92. The van der Waals surface area contributed by atoms with Crippen molar-refractivity contribution in [2.45, 2.75) is 96.4 Å². The maximum absolute atomic E-state index is 13.6. The highest BCUT2D eigenvalue weighted by atomic mass is 35.5. The molecule has 2 aromatic carbocycles. The van der Waals surface area contributed by atoms with Crippen LogP contribution >= 0.6 is 11.6 Å². The molecule has 4 aromatic rings. The highest BCUT2D eigenvalue weighted by Crippen LogP contribution is 2.36. The van der Waals surface area contributed by atoms with Gasteiger partial charge in [-0.1, -0.05) is 49.1 Å². The van der Waals surface area contributed by atoms with Crippen molar-refractivity contribution in [3.63, 3.8) is 0 Å². The number of halogens is 1. The van der Waals surface area contributed by atoms with Gasteiger partial charge in [0.15, 0.2) is 0 Å². The van der Waals surface area contributed by atoms with Crippen LogP contribution in [-0.2, 0) is 25.6 Å². The lowest BCUT2D eigenvalue weighted by Gasteiger charge is -2.35. The molecular weight excluding hydrogens is 828 g/mol. The predicted molar refractivity (Wildman–Crippen MR) is 238 cm³/mol. The predicted octanol–water partition coefficient (Wildman–Crippen LogP) is 7.71. The van der Waals surface area contributed by atoms with E-state index in [-0.39, 0.29) is 67.0 Å². The minimum absolute atomic E-state index is 0.0362. The Kier molecular flexibility index (Phi) is 13.0. The Labute approximate surface area is 367 Å². The molecule has 2 fully saturated rings. The highest BCUT2D eigenvalue weighted by Gasteiger charge is 2.43. The van der Waals surface area contributed by atoms with Crippen LogP contribution in [0.4, 0.5) is 10.6 Å². The van der Waals surface area contributed by atoms with E-state index in [4.69, 9.17) is 25.8 Å². The molecule has 0 spiro atoms. The molecule has 4 amide bonds. The Hall–Kier alpha value is -5.53. The normalized spacial score (nSPS) is 18.2. The standard InChI is InChI=1S/C46H53ClN6O8Si/c1-46(2,3)61-45(58)53-37-25-40(48-26-31(37)24-38(53)35-14-9-19-50(35)4)49-42(55)30-15-17-39(34(47)23-30)60-20-10-12-29-11-8-13-32-33(29)27-51(43(32)56)36-16-18-41(54)52(44(36)57)28-59-21-22-62(5,6)7/h8,11,13,15,17,23-26,35-36H,9,14,16,18-22,27-28H2,1-7H3,(H,48,49,55)/t35-,36?/m1/s1. The first-order valence-electron chi connectivity index (χ1n) is 20.9. The molecule has 0 aliphatic carbocycles. The Morgan fingerprint density at radius 3 is 2.53 bits per heavy atom. The number of imide groups is 1. The van der Waals surface area contributed by atoms with Crippen LogP contribution < -0.4 is 10.1 Å². The van der Waals surface area contributed by atoms with Crippen molar-refractivity contribution in [3.8, 4) is 17.6 Å². The largest absolute Gasteiger partial charge is 0.479 e. The molecule has 1 unspecified atom stereocenters. The SMILES string of the molecule is CN1CCC[C@@H]1c1cc2cnc(NC(=O)c3ccc(OCC#Cc4cccc5c4CN(C4CCC(=O)N(COCC[Si](C)(C)C)C4=O)C5=O)c(Cl)c3)cc2n1C(=O)OC(C)(C)C. The van der Waals surface area contributed by atoms with Crippen molar-refractivity contribution in [1.29, 1.82) is 0 Å². The number of carbonyl (C=O) groups is 5. The lowest BCUT2D eigenvalue weighted by atomic mass is 10.0. The molecule has 2 atom stereocenters. The quantitative estimate of drug-likeness (QED) is 0.0687. The monoisotopic (exact) mass is 880 g/mol. The zero-order valence-electron chi connectivity index (χ0n) is 36.3. The average molecular weight is 882 g/mol. The van der Waals surface area contributed by atoms with E-state index in [9.17, 15) is 24.0 Å². The Balaban J connectivity index is 0.985. The van der Waals surface area contributed by atoms with E-state index < -0.39 is 37.6 Å². The maximum Gasteiger partial charge on any atom is 0.419 e. The summed E-state index contributed by atoms with van der Waals surface area (Å²) < 4.78 is 19.0. The first kappa shape index (κ1) is 44.5. The number of piperidine rings is 1. The van der Waals surface area contributed by atoms with Crippen LogP contribution in [0.2, 0.25) is 30.7 Å². The highest BCUT2D eigenvalue weighted by molar-refractivity contribution is 6.76. The smallest absolute Gasteiger partial charge is 0.419 e. The molecule has 0 bridgehead atoms. The van der Waals surface area contributed by atoms with Gasteiger partial charge in [-0.25, -0.2) is 14.3 Å². The first-order chi connectivity index (χ1) is 29.4. The fraction of sp³-hybridized carbons (Fsp3) is 0.435. The third kappa shape index (κ3) is 9.89. The second kappa shape index (κ2) is 18.1. The summed E-state index contributed by atoms with van der Waals surface area (Å²) in [4.78, 5) is 76.1. The van der Waals surface area contributed by atoms with E-state index in [0.717, 1.165) is 41.4 Å². The summed E-state index contributed by atoms with van der Waals surface area (Å²) in [5, 5.41) is 3.77. The van der Waals surface area contributed by atoms with Crippen LogP contribution in [0.3, 0.4) is 0 Å². The Morgan fingerprint density at radius 1 is 1.03 bits per heavy atom. The van der Waals surface area contributed by atoms with Crippen LogP contribution in [0.5, 0.6) is 5.75 Å². The molecule has 0 saturated carbocycles. The third-order valence-corrected chi connectivity index (χ3v) is 13.2. The number of pyridine rings is 1. The van der Waals surface area contributed by atoms with Crippen LogP contribution in [0.1, 0.15) is 90.0 Å². The van der Waals surface area contributed by atoms with Gasteiger partial charge in [-0.3, -0.25) is 29.0 Å². The van der Waals surface area contributed by atoms with Crippen molar-refractivity contribution in [1.82, 2.24) is 24.3 Å². The number of nitrogens with one attached hydrogen (secondary N) is 1. The number of fused-ring (bicyclic) bond motifs is 2. The van der Waals surface area contributed by atoms with Crippen molar-refractivity contribution in [2.24, 2.45) is 0 Å². The summed E-state index contributed by atoms with van der Waals surface area (Å²) >= 11 is 6.57. The number of hydrogen-bond donors (Lipinski definition) is 1. The Morgan fingerprint density at radius 2 is 1.82 bits per heavy atom. The summed E-state index contributed by atoms with van der Waals surface area (Å²) in [6.45, 7) is 13.6. The minimum Gasteiger partial charge on any atom is -0.479 e. The molecule has 0 radical (unpaired) electrons. The lowest BCUT2D eigenvalue weighted by molar-refractivity contribution is -0.158. The topological polar surface area (TPSA) is 153 Å². The molecule has 2 aromatic heterocycles. The van der Waals surface area contributed by atoms with Crippen LogP contribution in [0.25, 0.3) is 10.9 Å². The number of aromatic nitrogens is 2. The first-order valence-corrected chi connectivity index (χ1v) is 25.0. The van der Waals surface area contributed by atoms with Crippen molar-refractivity contribution >= 4 is 66.1 Å². The average Bonchev–Trinajstić information content (AvgIpc) is 3.90. The number of benzene rings is 2. The summed E-state index contributed by atoms with van der Waals surface area (Å²) in [5.41, 5.74) is 2.73. The summed E-state index contributed by atoms with van der Waals surface area (Å²) in [5.74, 6) is 5.18. The molecule has 1 N–H and O–H groups in total. The van der Waals surface area contributed by atoms with Gasteiger partial charge in [0.25, 0.3) is 17.7 Å². The van der Waals surface area contributed by atoms with Crippen molar-refractivity contribution < 1.29 is 38.2 Å². The number of ether oxygens (including phenoxy) is 3. The van der Waals surface area contributed by atoms with Gasteiger partial charge in [0.05, 0.1) is 16.6 Å². The molecule has 14 nitrogen and oxygen atoms in total. The number of amides is 4. The maximum atomic E-state index is 13.6. The van der Waals surface area contributed by atoms with E-state index in [1.807, 2.05) is 40.0 Å². The van der Waals surface area contributed by atoms with Crippen molar-refractivity contribution in [2.75, 3.05) is 38.9 Å². The zero-order chi connectivity index (χ0) is 44.5. The summed E-state index contributed by atoms with van der Waals surface area (Å²) in [6, 6.07) is 13.7. The van der Waals surface area contributed by atoms with Gasteiger partial charge in [0.2, 0.25) is 5.91 Å². The van der Waals surface area contributed by atoms with E-state index in [1.165, 1.54) is 11.0 Å². The molecule has 3 aliphatic heterocycles. The number of rotatable bonds is 11. The fourth-order valence-electron chi connectivity index (χ4n) is 7.93. The molecule has 2 saturated heterocycles. The summed E-state index contributed by atoms with van der Waals surface area (Å²) in [7, 11) is 0.691. The van der Waals surface area contributed by atoms with E-state index in [0.29, 0.717) is 34.6 Å². The molecule has 62 heavy (non-hydrogen) atoms. The van der Waals surface area contributed by atoms with Crippen LogP contribution in [0.15, 0.2) is 54.7 Å². The zero-order valence-corrected chi connectivity index (χ0v) is 38.1. The third-order valence-electron chi connectivity index (χ3n) is 11.2. The number of likely N-dealkylation sites (tertiary alicyclic amines) is 2. The van der Waals surface area contributed by atoms with Crippen LogP contribution in [0, 0.1) is 11.8 Å². The Bertz CT molecular complexity index is 2500. The van der Waals surface area contributed by atoms with Gasteiger partial charge in [0, 0.05) is 67.7 Å². The van der Waals surface area contributed by atoms with Gasteiger partial charge in [-0.05, 0) is 102 Å². The molecule has 3 aliphatic rings. The molecule has 326 valence electrons. The number of carbonyl (C=O) groups excluding carboxylic acids is 5. The second-order valence-corrected chi connectivity index (χ2v) is 24.2. The number of nitrogens with zero attached hydrogens (tertiary/aromatic N) is 5. The number of anilines is 1. The molecular formula is C46H53ClN6O8Si. The molecule has 7 rings (SSSR count). The minimum atomic E-state index is -1.35. The lowest BCUT2D eigenvalue weighted by Crippen LogP contribution is -2.55. The van der Waals surface area contributed by atoms with E-state index >= 15 is 0 Å². The van der Waals surface area contributed by atoms with Gasteiger partial charge in [0.1, 0.15) is 36.5 Å². The molecule has 5 heterocycles. The van der Waals surface area contributed by atoms with Crippen molar-refractivity contribution in [3.05, 3.63) is 87.7 Å². The van der Waals surface area contributed by atoms with E-state index in [2.05, 4.69) is 46.7 Å². The van der Waals surface area contributed by atoms with Gasteiger partial charge in [-0.2, -0.15) is 0 Å². The van der Waals surface area contributed by atoms with E-state index in [1.54, 1.807) is 41.1 Å².